The predicted octanol–water partition coefficient (Wildman–Crippen LogP) is 5.04. The summed E-state index contributed by atoms with van der Waals surface area (Å²) in [6.45, 7) is 2.04. The second-order valence-corrected chi connectivity index (χ2v) is 13.2. The molecule has 3 rings (SSSR count). The molecule has 2 aromatic rings. The summed E-state index contributed by atoms with van der Waals surface area (Å²) in [5, 5.41) is 18.3. The van der Waals surface area contributed by atoms with Crippen molar-refractivity contribution in [3.63, 3.8) is 0 Å². The average molecular weight is 448 g/mol. The Kier molecular flexibility index (Phi) is 7.58. The van der Waals surface area contributed by atoms with E-state index in [-0.39, 0.29) is 18.0 Å². The molecule has 1 fully saturated rings. The Labute approximate surface area is 182 Å². The molecule has 0 unspecified atom stereocenters. The summed E-state index contributed by atoms with van der Waals surface area (Å²) in [6, 6.07) is 20.3. The maximum Gasteiger partial charge on any atom is 0.259 e. The molecule has 0 saturated carbocycles. The fourth-order valence-corrected chi connectivity index (χ4v) is 5.51. The molecule has 2 aromatic carbocycles. The van der Waals surface area contributed by atoms with Crippen molar-refractivity contribution >= 4 is 28.9 Å². The van der Waals surface area contributed by atoms with Crippen LogP contribution in [0.3, 0.4) is 0 Å². The molecule has 1 heterocycles. The summed E-state index contributed by atoms with van der Waals surface area (Å²) >= 11 is 6.52. The van der Waals surface area contributed by atoms with Crippen LogP contribution in [0, 0.1) is 17.1 Å². The number of nitrogens with one attached hydrogen (secondary N) is 1. The number of hydrogen-bond acceptors (Lipinski definition) is 6. The minimum absolute atomic E-state index is 0.0187. The zero-order valence-electron chi connectivity index (χ0n) is 16.7. The molecule has 154 valence electrons. The van der Waals surface area contributed by atoms with Crippen molar-refractivity contribution in [1.29, 1.82) is 0 Å². The monoisotopic (exact) mass is 447 g/mol. The van der Waals surface area contributed by atoms with Gasteiger partial charge >= 0.3 is 0 Å². The Morgan fingerprint density at radius 1 is 1.07 bits per heavy atom. The van der Waals surface area contributed by atoms with Gasteiger partial charge in [-0.2, -0.15) is 0 Å². The summed E-state index contributed by atoms with van der Waals surface area (Å²) in [4.78, 5) is 0. The van der Waals surface area contributed by atoms with Crippen LogP contribution in [0.5, 0.6) is 0 Å². The molecule has 0 bridgehead atoms. The van der Waals surface area contributed by atoms with E-state index >= 15 is 0 Å². The molecular formula is C22H26NO3PS2. The van der Waals surface area contributed by atoms with Gasteiger partial charge in [0.2, 0.25) is 0 Å². The highest BCUT2D eigenvalue weighted by molar-refractivity contribution is 8.69. The van der Waals surface area contributed by atoms with Gasteiger partial charge in [-0.25, -0.2) is 0 Å². The van der Waals surface area contributed by atoms with Gasteiger partial charge in [-0.3, -0.25) is 0 Å². The second-order valence-electron chi connectivity index (χ2n) is 7.07. The summed E-state index contributed by atoms with van der Waals surface area (Å²) in [5.41, 5.74) is -1.41. The highest BCUT2D eigenvalue weighted by Gasteiger charge is 2.45. The molecule has 0 aliphatic carbocycles. The number of piperidine rings is 1. The Morgan fingerprint density at radius 3 is 2.17 bits per heavy atom. The van der Waals surface area contributed by atoms with E-state index in [1.165, 1.54) is 14.2 Å². The minimum atomic E-state index is -2.50. The Morgan fingerprint density at radius 2 is 1.62 bits per heavy atom. The lowest BCUT2D eigenvalue weighted by molar-refractivity contribution is -0.0196. The first kappa shape index (κ1) is 22.5. The van der Waals surface area contributed by atoms with E-state index in [0.717, 1.165) is 22.5 Å². The van der Waals surface area contributed by atoms with Gasteiger partial charge in [-0.1, -0.05) is 73.5 Å². The average Bonchev–Trinajstić information content (AvgIpc) is 2.76. The Hall–Kier alpha value is -1.16. The molecule has 4 atom stereocenters. The smallest absolute Gasteiger partial charge is 0.259 e. The summed E-state index contributed by atoms with van der Waals surface area (Å²) < 4.78 is 10.6. The van der Waals surface area contributed by atoms with E-state index in [1.807, 2.05) is 43.3 Å². The topological polar surface area (TPSA) is 50.7 Å². The molecule has 29 heavy (non-hydrogen) atoms. The minimum Gasteiger partial charge on any atom is -0.377 e. The highest BCUT2D eigenvalue weighted by Crippen LogP contribution is 2.59. The van der Waals surface area contributed by atoms with Crippen molar-refractivity contribution in [2.24, 2.45) is 5.92 Å². The van der Waals surface area contributed by atoms with E-state index in [9.17, 15) is 5.11 Å². The number of hydrogen-bond donors (Lipinski definition) is 2. The number of rotatable bonds is 5. The number of benzene rings is 2. The third-order valence-corrected chi connectivity index (χ3v) is 10.1. The molecular weight excluding hydrogens is 421 g/mol. The van der Waals surface area contributed by atoms with Gasteiger partial charge < -0.3 is 19.5 Å². The quantitative estimate of drug-likeness (QED) is 0.495. The van der Waals surface area contributed by atoms with Gasteiger partial charge in [0, 0.05) is 50.0 Å². The lowest BCUT2D eigenvalue weighted by Crippen LogP contribution is -2.51. The largest absolute Gasteiger partial charge is 0.377 e. The van der Waals surface area contributed by atoms with Gasteiger partial charge in [0.05, 0.1) is 0 Å². The Bertz CT molecular complexity index is 908. The van der Waals surface area contributed by atoms with E-state index in [1.54, 1.807) is 0 Å². The summed E-state index contributed by atoms with van der Waals surface area (Å²) in [6.07, 6.45) is 0.484. The van der Waals surface area contributed by atoms with Gasteiger partial charge in [-0.05, 0) is 28.2 Å². The van der Waals surface area contributed by atoms with Crippen LogP contribution in [0.4, 0.5) is 0 Å². The predicted molar refractivity (Wildman–Crippen MR) is 124 cm³/mol. The maximum atomic E-state index is 11.6. The molecule has 1 saturated heterocycles. The van der Waals surface area contributed by atoms with Crippen LogP contribution in [-0.2, 0) is 20.9 Å². The van der Waals surface area contributed by atoms with Crippen molar-refractivity contribution < 1.29 is 14.2 Å². The number of aliphatic hydroxyl groups is 1. The van der Waals surface area contributed by atoms with Gasteiger partial charge in [-0.15, -0.1) is 0 Å². The third-order valence-electron chi connectivity index (χ3n) is 5.38. The summed E-state index contributed by atoms with van der Waals surface area (Å²) in [5.74, 6) is 2.98. The second kappa shape index (κ2) is 9.76. The normalized spacial score (nSPS) is 27.1. The summed E-state index contributed by atoms with van der Waals surface area (Å²) in [7, 11) is 3.05. The maximum absolute atomic E-state index is 11.6. The van der Waals surface area contributed by atoms with Crippen LogP contribution >= 0.6 is 17.1 Å². The zero-order chi connectivity index (χ0) is 20.9. The molecule has 0 amide bonds. The highest BCUT2D eigenvalue weighted by atomic mass is 32.9. The van der Waals surface area contributed by atoms with Crippen LogP contribution in [0.1, 0.15) is 36.6 Å². The fourth-order valence-electron chi connectivity index (χ4n) is 3.62. The fraction of sp³-hybridized carbons (Fsp3) is 0.364. The van der Waals surface area contributed by atoms with E-state index in [2.05, 4.69) is 40.8 Å². The molecule has 0 spiro atoms. The van der Waals surface area contributed by atoms with Gasteiger partial charge in [0.1, 0.15) is 5.60 Å². The van der Waals surface area contributed by atoms with Gasteiger partial charge in [0.25, 0.3) is 5.69 Å². The third kappa shape index (κ3) is 5.31. The SMILES string of the molecule is COP(=S)(OC)SC#C[C@@]1(O)C[C@H](c2ccccc2)N[C@H](c2ccccc2)[C@H]1C. The molecule has 2 N–H and O–H groups in total. The van der Waals surface area contributed by atoms with Crippen LogP contribution in [0.25, 0.3) is 0 Å². The van der Waals surface area contributed by atoms with E-state index < -0.39 is 11.3 Å². The van der Waals surface area contributed by atoms with Crippen LogP contribution < -0.4 is 5.32 Å². The first-order valence-electron chi connectivity index (χ1n) is 9.41. The van der Waals surface area contributed by atoms with Crippen molar-refractivity contribution in [2.75, 3.05) is 14.2 Å². The standard InChI is InChI=1S/C22H26NO3PS2/c1-17-21(19-12-8-5-9-13-19)23-20(18-10-6-4-7-11-18)16-22(17,24)14-15-29-27(28,25-2)26-3/h4-13,17,20-21,23-24H,16H2,1-3H3/t17-,20-,21+,22-/m1/s1. The zero-order valence-corrected chi connectivity index (χ0v) is 19.3. The Balaban J connectivity index is 1.95. The van der Waals surface area contributed by atoms with Crippen molar-refractivity contribution in [2.45, 2.75) is 31.0 Å². The van der Waals surface area contributed by atoms with E-state index in [4.69, 9.17) is 20.9 Å². The van der Waals surface area contributed by atoms with E-state index in [0.29, 0.717) is 6.42 Å². The van der Waals surface area contributed by atoms with Crippen LogP contribution in [0.15, 0.2) is 60.7 Å². The van der Waals surface area contributed by atoms with Crippen molar-refractivity contribution in [1.82, 2.24) is 5.32 Å². The first-order chi connectivity index (χ1) is 13.9. The van der Waals surface area contributed by atoms with Crippen LogP contribution in [0.2, 0.25) is 0 Å². The molecule has 4 nitrogen and oxygen atoms in total. The first-order valence-corrected chi connectivity index (χ1v) is 13.5. The van der Waals surface area contributed by atoms with Crippen molar-refractivity contribution in [3.8, 4) is 11.2 Å². The molecule has 7 heteroatoms. The molecule has 1 aliphatic heterocycles. The molecule has 0 radical (unpaired) electrons. The van der Waals surface area contributed by atoms with Crippen molar-refractivity contribution in [3.05, 3.63) is 71.8 Å². The van der Waals surface area contributed by atoms with Gasteiger partial charge in [0.15, 0.2) is 0 Å². The van der Waals surface area contributed by atoms with Crippen LogP contribution in [-0.4, -0.2) is 24.9 Å². The lowest BCUT2D eigenvalue weighted by atomic mass is 9.72. The molecule has 1 aliphatic rings. The lowest BCUT2D eigenvalue weighted by Gasteiger charge is -2.45. The molecule has 0 aromatic heterocycles.